The van der Waals surface area contributed by atoms with Crippen molar-refractivity contribution in [2.24, 2.45) is 0 Å². The van der Waals surface area contributed by atoms with Gasteiger partial charge in [0.15, 0.2) is 0 Å². The van der Waals surface area contributed by atoms with E-state index >= 15 is 0 Å². The van der Waals surface area contributed by atoms with Crippen molar-refractivity contribution in [3.63, 3.8) is 0 Å². The van der Waals surface area contributed by atoms with Gasteiger partial charge in [-0.3, -0.25) is 4.98 Å². The molecule has 1 N–H and O–H groups in total. The van der Waals surface area contributed by atoms with Crippen LogP contribution in [0, 0.1) is 6.92 Å². The summed E-state index contributed by atoms with van der Waals surface area (Å²) >= 11 is 5.49. The molecule has 90 valence electrons. The van der Waals surface area contributed by atoms with Crippen LogP contribution in [0.5, 0.6) is 0 Å². The molecule has 1 rings (SSSR count). The predicted molar refractivity (Wildman–Crippen MR) is 66.8 cm³/mol. The SMILES string of the molecule is Cc1cncc(CNCCCOCCCl)c1. The van der Waals surface area contributed by atoms with E-state index in [-0.39, 0.29) is 0 Å². The second kappa shape index (κ2) is 8.50. The minimum atomic E-state index is 0.572. The van der Waals surface area contributed by atoms with E-state index in [1.165, 1.54) is 11.1 Å². The zero-order valence-electron chi connectivity index (χ0n) is 9.71. The van der Waals surface area contributed by atoms with Crippen molar-refractivity contribution in [2.75, 3.05) is 25.6 Å². The highest BCUT2D eigenvalue weighted by Gasteiger charge is 1.94. The van der Waals surface area contributed by atoms with Crippen LogP contribution in [-0.2, 0) is 11.3 Å². The van der Waals surface area contributed by atoms with Crippen LogP contribution < -0.4 is 5.32 Å². The normalized spacial score (nSPS) is 10.6. The van der Waals surface area contributed by atoms with E-state index in [0.717, 1.165) is 26.1 Å². The maximum absolute atomic E-state index is 5.49. The first-order valence-electron chi connectivity index (χ1n) is 5.58. The second-order valence-electron chi connectivity index (χ2n) is 3.70. The number of pyridine rings is 1. The van der Waals surface area contributed by atoms with Gasteiger partial charge < -0.3 is 10.1 Å². The Kier molecular flexibility index (Phi) is 7.14. The van der Waals surface area contributed by atoms with Gasteiger partial charge in [-0.15, -0.1) is 11.6 Å². The molecule has 0 radical (unpaired) electrons. The number of hydrogen-bond acceptors (Lipinski definition) is 3. The largest absolute Gasteiger partial charge is 0.380 e. The Hall–Kier alpha value is -0.640. The first kappa shape index (κ1) is 13.4. The lowest BCUT2D eigenvalue weighted by Gasteiger charge is -2.05. The van der Waals surface area contributed by atoms with Crippen molar-refractivity contribution < 1.29 is 4.74 Å². The van der Waals surface area contributed by atoms with Crippen LogP contribution in [0.15, 0.2) is 18.5 Å². The molecular weight excluding hydrogens is 224 g/mol. The number of ether oxygens (including phenoxy) is 1. The van der Waals surface area contributed by atoms with Crippen LogP contribution in [0.2, 0.25) is 0 Å². The Morgan fingerprint density at radius 2 is 2.25 bits per heavy atom. The lowest BCUT2D eigenvalue weighted by Crippen LogP contribution is -2.16. The standard InChI is InChI=1S/C12H19ClN2O/c1-11-7-12(10-15-8-11)9-14-4-2-5-16-6-3-13/h7-8,10,14H,2-6,9H2,1H3. The maximum Gasteiger partial charge on any atom is 0.0601 e. The number of halogens is 1. The molecule has 0 amide bonds. The number of rotatable bonds is 8. The van der Waals surface area contributed by atoms with Crippen molar-refractivity contribution >= 4 is 11.6 Å². The van der Waals surface area contributed by atoms with Gasteiger partial charge >= 0.3 is 0 Å². The Bertz CT molecular complexity index is 294. The highest BCUT2D eigenvalue weighted by atomic mass is 35.5. The van der Waals surface area contributed by atoms with Crippen LogP contribution in [0.3, 0.4) is 0 Å². The molecule has 4 heteroatoms. The summed E-state index contributed by atoms with van der Waals surface area (Å²) in [5, 5.41) is 3.35. The van der Waals surface area contributed by atoms with E-state index in [2.05, 4.69) is 23.3 Å². The molecule has 0 aromatic carbocycles. The Morgan fingerprint density at radius 3 is 3.00 bits per heavy atom. The van der Waals surface area contributed by atoms with Gasteiger partial charge in [0.05, 0.1) is 6.61 Å². The summed E-state index contributed by atoms with van der Waals surface area (Å²) in [5.74, 6) is 0.572. The van der Waals surface area contributed by atoms with E-state index in [9.17, 15) is 0 Å². The third kappa shape index (κ3) is 6.05. The van der Waals surface area contributed by atoms with Gasteiger partial charge in [-0.2, -0.15) is 0 Å². The Labute approximate surface area is 102 Å². The van der Waals surface area contributed by atoms with Crippen LogP contribution >= 0.6 is 11.6 Å². The maximum atomic E-state index is 5.49. The smallest absolute Gasteiger partial charge is 0.0601 e. The number of alkyl halides is 1. The topological polar surface area (TPSA) is 34.2 Å². The summed E-state index contributed by atoms with van der Waals surface area (Å²) in [5.41, 5.74) is 2.42. The third-order valence-corrected chi connectivity index (χ3v) is 2.28. The van der Waals surface area contributed by atoms with Gasteiger partial charge in [-0.05, 0) is 31.0 Å². The van der Waals surface area contributed by atoms with Gasteiger partial charge in [0.25, 0.3) is 0 Å². The molecule has 0 saturated carbocycles. The minimum absolute atomic E-state index is 0.572. The molecule has 1 aromatic rings. The molecule has 0 fully saturated rings. The molecule has 1 aromatic heterocycles. The van der Waals surface area contributed by atoms with Gasteiger partial charge in [0, 0.05) is 31.4 Å². The molecule has 3 nitrogen and oxygen atoms in total. The quantitative estimate of drug-likeness (QED) is 0.560. The number of nitrogens with one attached hydrogen (secondary N) is 1. The van der Waals surface area contributed by atoms with E-state index in [0.29, 0.717) is 12.5 Å². The summed E-state index contributed by atoms with van der Waals surface area (Å²) in [6.45, 7) is 5.28. The molecular formula is C12H19ClN2O. The molecule has 0 aliphatic heterocycles. The predicted octanol–water partition coefficient (Wildman–Crippen LogP) is 2.13. The van der Waals surface area contributed by atoms with Crippen molar-refractivity contribution in [1.82, 2.24) is 10.3 Å². The average molecular weight is 243 g/mol. The number of nitrogens with zero attached hydrogens (tertiary/aromatic N) is 1. The zero-order chi connectivity index (χ0) is 11.6. The van der Waals surface area contributed by atoms with Gasteiger partial charge in [-0.25, -0.2) is 0 Å². The molecule has 16 heavy (non-hydrogen) atoms. The molecule has 0 unspecified atom stereocenters. The lowest BCUT2D eigenvalue weighted by molar-refractivity contribution is 0.146. The van der Waals surface area contributed by atoms with E-state index in [1.54, 1.807) is 0 Å². The minimum Gasteiger partial charge on any atom is -0.380 e. The summed E-state index contributed by atoms with van der Waals surface area (Å²) in [7, 11) is 0. The van der Waals surface area contributed by atoms with Crippen molar-refractivity contribution in [3.8, 4) is 0 Å². The summed E-state index contributed by atoms with van der Waals surface area (Å²) < 4.78 is 5.27. The number of aryl methyl sites for hydroxylation is 1. The second-order valence-corrected chi connectivity index (χ2v) is 4.08. The monoisotopic (exact) mass is 242 g/mol. The van der Waals surface area contributed by atoms with E-state index in [4.69, 9.17) is 16.3 Å². The fourth-order valence-corrected chi connectivity index (χ4v) is 1.51. The van der Waals surface area contributed by atoms with Gasteiger partial charge in [0.2, 0.25) is 0 Å². The van der Waals surface area contributed by atoms with Gasteiger partial charge in [-0.1, -0.05) is 6.07 Å². The summed E-state index contributed by atoms with van der Waals surface area (Å²) in [4.78, 5) is 4.14. The highest BCUT2D eigenvalue weighted by molar-refractivity contribution is 6.17. The molecule has 0 aliphatic carbocycles. The van der Waals surface area contributed by atoms with E-state index < -0.39 is 0 Å². The molecule has 0 atom stereocenters. The van der Waals surface area contributed by atoms with Crippen molar-refractivity contribution in [3.05, 3.63) is 29.6 Å². The van der Waals surface area contributed by atoms with Crippen LogP contribution in [0.25, 0.3) is 0 Å². The fraction of sp³-hybridized carbons (Fsp3) is 0.583. The van der Waals surface area contributed by atoms with Gasteiger partial charge in [0.1, 0.15) is 0 Å². The van der Waals surface area contributed by atoms with Crippen LogP contribution in [-0.4, -0.2) is 30.6 Å². The molecule has 0 aliphatic rings. The van der Waals surface area contributed by atoms with Crippen molar-refractivity contribution in [1.29, 1.82) is 0 Å². The number of hydrogen-bond donors (Lipinski definition) is 1. The highest BCUT2D eigenvalue weighted by Crippen LogP contribution is 2.00. The van der Waals surface area contributed by atoms with Crippen LogP contribution in [0.1, 0.15) is 17.5 Å². The molecule has 0 spiro atoms. The average Bonchev–Trinajstić information content (AvgIpc) is 2.28. The fourth-order valence-electron chi connectivity index (χ4n) is 1.40. The first-order valence-corrected chi connectivity index (χ1v) is 6.11. The van der Waals surface area contributed by atoms with Crippen LogP contribution in [0.4, 0.5) is 0 Å². The first-order chi connectivity index (χ1) is 7.83. The molecule has 0 bridgehead atoms. The van der Waals surface area contributed by atoms with Crippen molar-refractivity contribution in [2.45, 2.75) is 19.9 Å². The Balaban J connectivity index is 2.03. The summed E-state index contributed by atoms with van der Waals surface area (Å²) in [6.07, 6.45) is 4.77. The molecule has 1 heterocycles. The zero-order valence-corrected chi connectivity index (χ0v) is 10.5. The Morgan fingerprint density at radius 1 is 1.38 bits per heavy atom. The summed E-state index contributed by atoms with van der Waals surface area (Å²) in [6, 6.07) is 2.14. The van der Waals surface area contributed by atoms with E-state index in [1.807, 2.05) is 12.4 Å². The lowest BCUT2D eigenvalue weighted by atomic mass is 10.2. The third-order valence-electron chi connectivity index (χ3n) is 2.12. The molecule has 0 saturated heterocycles. The number of aromatic nitrogens is 1.